The molecule has 0 aromatic heterocycles. The number of methoxy groups -OCH3 is 2. The van der Waals surface area contributed by atoms with Crippen LogP contribution in [0.1, 0.15) is 5.56 Å². The summed E-state index contributed by atoms with van der Waals surface area (Å²) in [6.45, 7) is -0.258. The Bertz CT molecular complexity index is 401. The Balaban J connectivity index is 3.38. The van der Waals surface area contributed by atoms with E-state index >= 15 is 0 Å². The quantitative estimate of drug-likeness (QED) is 0.861. The maximum atomic E-state index is 12.6. The zero-order valence-electron chi connectivity index (χ0n) is 9.09. The molecule has 0 spiro atoms. The summed E-state index contributed by atoms with van der Waals surface area (Å²) in [6.07, 6.45) is -1.81. The number of nitrogens with two attached hydrogens (primary N) is 1. The Morgan fingerprint density at radius 2 is 1.94 bits per heavy atom. The second-order valence-corrected chi connectivity index (χ2v) is 2.98. The second-order valence-electron chi connectivity index (χ2n) is 2.98. The zero-order chi connectivity index (χ0) is 12.1. The summed E-state index contributed by atoms with van der Waals surface area (Å²) in [5.74, 6) is 0.658. The predicted octanol–water partition coefficient (Wildman–Crippen LogP) is 2.27. The third-order valence-corrected chi connectivity index (χ3v) is 2.16. The van der Waals surface area contributed by atoms with Crippen molar-refractivity contribution in [3.63, 3.8) is 0 Å². The lowest BCUT2D eigenvalue weighted by molar-refractivity contribution is 0.353. The molecule has 3 nitrogen and oxygen atoms in total. The van der Waals surface area contributed by atoms with Crippen molar-refractivity contribution in [2.24, 2.45) is 5.73 Å². The third kappa shape index (κ3) is 2.30. The van der Waals surface area contributed by atoms with Crippen molar-refractivity contribution in [3.05, 3.63) is 29.8 Å². The lowest BCUT2D eigenvalue weighted by Gasteiger charge is -2.13. The van der Waals surface area contributed by atoms with Gasteiger partial charge in [0.15, 0.2) is 11.5 Å². The van der Waals surface area contributed by atoms with Gasteiger partial charge in [-0.15, -0.1) is 0 Å². The molecule has 2 N–H and O–H groups in total. The monoisotopic (exact) mass is 229 g/mol. The molecule has 0 atom stereocenters. The number of benzene rings is 1. The van der Waals surface area contributed by atoms with Gasteiger partial charge in [0.25, 0.3) is 6.08 Å². The van der Waals surface area contributed by atoms with Crippen LogP contribution in [-0.2, 0) is 0 Å². The lowest BCUT2D eigenvalue weighted by atomic mass is 10.1. The van der Waals surface area contributed by atoms with Gasteiger partial charge in [-0.05, 0) is 6.07 Å². The van der Waals surface area contributed by atoms with E-state index in [0.29, 0.717) is 5.75 Å². The molecule has 0 unspecified atom stereocenters. The van der Waals surface area contributed by atoms with Gasteiger partial charge < -0.3 is 15.2 Å². The highest BCUT2D eigenvalue weighted by Gasteiger charge is 2.16. The molecule has 0 radical (unpaired) electrons. The summed E-state index contributed by atoms with van der Waals surface area (Å²) >= 11 is 0. The minimum atomic E-state index is -1.81. The van der Waals surface area contributed by atoms with Crippen molar-refractivity contribution in [2.75, 3.05) is 20.8 Å². The van der Waals surface area contributed by atoms with Crippen LogP contribution in [0.2, 0.25) is 0 Å². The molecule has 0 fully saturated rings. The van der Waals surface area contributed by atoms with Crippen molar-refractivity contribution >= 4 is 5.57 Å². The van der Waals surface area contributed by atoms with Crippen LogP contribution in [0.5, 0.6) is 11.5 Å². The van der Waals surface area contributed by atoms with Crippen LogP contribution < -0.4 is 15.2 Å². The van der Waals surface area contributed by atoms with E-state index in [2.05, 4.69) is 0 Å². The maximum absolute atomic E-state index is 12.6. The molecule has 88 valence electrons. The van der Waals surface area contributed by atoms with Crippen LogP contribution in [0, 0.1) is 0 Å². The van der Waals surface area contributed by atoms with Crippen molar-refractivity contribution < 1.29 is 18.3 Å². The van der Waals surface area contributed by atoms with Gasteiger partial charge >= 0.3 is 0 Å². The Labute approximate surface area is 92.5 Å². The van der Waals surface area contributed by atoms with Crippen LogP contribution in [0.25, 0.3) is 5.57 Å². The Kier molecular flexibility index (Phi) is 4.25. The second kappa shape index (κ2) is 5.46. The van der Waals surface area contributed by atoms with Crippen LogP contribution in [0.15, 0.2) is 24.3 Å². The normalized spacial score (nSPS) is 9.81. The van der Waals surface area contributed by atoms with Crippen LogP contribution in [-0.4, -0.2) is 20.8 Å². The summed E-state index contributed by atoms with van der Waals surface area (Å²) in [4.78, 5) is 0. The molecule has 0 saturated heterocycles. The fraction of sp³-hybridized carbons (Fsp3) is 0.273. The molecule has 5 heteroatoms. The standard InChI is InChI=1S/C11H13F2NO2/c1-15-9-5-3-4-7(10(9)16-2)8(6-14)11(12)13/h3-5H,6,14H2,1-2H3. The predicted molar refractivity (Wildman–Crippen MR) is 57.7 cm³/mol. The summed E-state index contributed by atoms with van der Waals surface area (Å²) in [7, 11) is 2.84. The molecule has 16 heavy (non-hydrogen) atoms. The van der Waals surface area contributed by atoms with Crippen molar-refractivity contribution in [3.8, 4) is 11.5 Å². The van der Waals surface area contributed by atoms with E-state index < -0.39 is 6.08 Å². The van der Waals surface area contributed by atoms with E-state index in [1.165, 1.54) is 20.3 Å². The minimum absolute atomic E-state index is 0.240. The van der Waals surface area contributed by atoms with E-state index in [-0.39, 0.29) is 23.4 Å². The van der Waals surface area contributed by atoms with Gasteiger partial charge in [-0.3, -0.25) is 0 Å². The highest BCUT2D eigenvalue weighted by Crippen LogP contribution is 2.36. The number of ether oxygens (including phenoxy) is 2. The average molecular weight is 229 g/mol. The number of halogens is 2. The first kappa shape index (κ1) is 12.4. The number of hydrogen-bond donors (Lipinski definition) is 1. The molecular formula is C11H13F2NO2. The van der Waals surface area contributed by atoms with E-state index in [1.807, 2.05) is 0 Å². The molecule has 1 aromatic rings. The molecule has 1 aromatic carbocycles. The first-order chi connectivity index (χ1) is 7.65. The van der Waals surface area contributed by atoms with E-state index in [4.69, 9.17) is 15.2 Å². The zero-order valence-corrected chi connectivity index (χ0v) is 9.09. The number of para-hydroxylation sites is 1. The molecule has 0 aliphatic carbocycles. The Morgan fingerprint density at radius 3 is 2.38 bits per heavy atom. The van der Waals surface area contributed by atoms with Gasteiger partial charge in [-0.1, -0.05) is 12.1 Å². The summed E-state index contributed by atoms with van der Waals surface area (Å²) in [5.41, 5.74) is 5.30. The largest absolute Gasteiger partial charge is 0.493 e. The summed E-state index contributed by atoms with van der Waals surface area (Å²) < 4.78 is 35.4. The molecule has 0 aliphatic rings. The fourth-order valence-corrected chi connectivity index (χ4v) is 1.41. The van der Waals surface area contributed by atoms with Crippen molar-refractivity contribution in [1.82, 2.24) is 0 Å². The third-order valence-electron chi connectivity index (χ3n) is 2.16. The molecular weight excluding hydrogens is 216 g/mol. The summed E-state index contributed by atoms with van der Waals surface area (Å²) in [5, 5.41) is 0. The van der Waals surface area contributed by atoms with Gasteiger partial charge in [0.1, 0.15) is 0 Å². The molecule has 0 saturated carbocycles. The van der Waals surface area contributed by atoms with Crippen molar-refractivity contribution in [2.45, 2.75) is 0 Å². The van der Waals surface area contributed by atoms with Crippen LogP contribution in [0.3, 0.4) is 0 Å². The SMILES string of the molecule is COc1cccc(C(CN)=C(F)F)c1OC. The first-order valence-corrected chi connectivity index (χ1v) is 4.61. The van der Waals surface area contributed by atoms with Crippen LogP contribution in [0.4, 0.5) is 8.78 Å². The van der Waals surface area contributed by atoms with E-state index in [0.717, 1.165) is 0 Å². The Hall–Kier alpha value is -1.62. The Morgan fingerprint density at radius 1 is 1.25 bits per heavy atom. The smallest absolute Gasteiger partial charge is 0.275 e. The molecule has 1 rings (SSSR count). The number of hydrogen-bond acceptors (Lipinski definition) is 3. The van der Waals surface area contributed by atoms with Gasteiger partial charge in [0, 0.05) is 17.7 Å². The van der Waals surface area contributed by atoms with Crippen molar-refractivity contribution in [1.29, 1.82) is 0 Å². The van der Waals surface area contributed by atoms with Crippen LogP contribution >= 0.6 is 0 Å². The molecule has 0 amide bonds. The molecule has 0 aliphatic heterocycles. The minimum Gasteiger partial charge on any atom is -0.493 e. The van der Waals surface area contributed by atoms with Gasteiger partial charge in [0.05, 0.1) is 14.2 Å². The highest BCUT2D eigenvalue weighted by atomic mass is 19.3. The van der Waals surface area contributed by atoms with Gasteiger partial charge in [-0.25, -0.2) is 0 Å². The average Bonchev–Trinajstić information content (AvgIpc) is 2.29. The van der Waals surface area contributed by atoms with Gasteiger partial charge in [-0.2, -0.15) is 8.78 Å². The number of rotatable bonds is 4. The fourth-order valence-electron chi connectivity index (χ4n) is 1.41. The maximum Gasteiger partial charge on any atom is 0.275 e. The van der Waals surface area contributed by atoms with Gasteiger partial charge in [0.2, 0.25) is 0 Å². The van der Waals surface area contributed by atoms with E-state index in [1.54, 1.807) is 12.1 Å². The summed E-state index contributed by atoms with van der Waals surface area (Å²) in [6, 6.07) is 4.75. The molecule has 0 heterocycles. The lowest BCUT2D eigenvalue weighted by Crippen LogP contribution is -2.05. The first-order valence-electron chi connectivity index (χ1n) is 4.61. The van der Waals surface area contributed by atoms with E-state index in [9.17, 15) is 8.78 Å². The topological polar surface area (TPSA) is 44.5 Å². The highest BCUT2D eigenvalue weighted by molar-refractivity contribution is 5.74. The molecule has 0 bridgehead atoms.